The molecule has 0 saturated carbocycles. The van der Waals surface area contributed by atoms with Crippen LogP contribution in [-0.2, 0) is 13.1 Å². The zero-order valence-corrected chi connectivity index (χ0v) is 19.1. The SMILES string of the molecule is Clc1ccc(C2c3cccn3CCCN2Cc2cccc(Oc3ccccc3)c2)cc1Cl. The number of halogens is 2. The molecule has 3 aromatic carbocycles. The Morgan fingerprint density at radius 1 is 0.781 bits per heavy atom. The van der Waals surface area contributed by atoms with Crippen molar-refractivity contribution in [2.75, 3.05) is 6.54 Å². The molecule has 0 radical (unpaired) electrons. The van der Waals surface area contributed by atoms with Crippen LogP contribution in [0.25, 0.3) is 0 Å². The Morgan fingerprint density at radius 3 is 2.47 bits per heavy atom. The molecule has 0 spiro atoms. The minimum Gasteiger partial charge on any atom is -0.457 e. The van der Waals surface area contributed by atoms with E-state index in [1.807, 2.05) is 48.5 Å². The zero-order chi connectivity index (χ0) is 21.9. The van der Waals surface area contributed by atoms with E-state index in [0.717, 1.165) is 43.1 Å². The monoisotopic (exact) mass is 462 g/mol. The highest BCUT2D eigenvalue weighted by molar-refractivity contribution is 6.42. The summed E-state index contributed by atoms with van der Waals surface area (Å²) in [5.41, 5.74) is 3.64. The van der Waals surface area contributed by atoms with Gasteiger partial charge in [0.25, 0.3) is 0 Å². The first-order valence-corrected chi connectivity index (χ1v) is 11.6. The highest BCUT2D eigenvalue weighted by Gasteiger charge is 2.28. The quantitative estimate of drug-likeness (QED) is 0.304. The van der Waals surface area contributed by atoms with Crippen molar-refractivity contribution >= 4 is 23.2 Å². The van der Waals surface area contributed by atoms with E-state index in [1.165, 1.54) is 11.3 Å². The summed E-state index contributed by atoms with van der Waals surface area (Å²) >= 11 is 12.6. The van der Waals surface area contributed by atoms with E-state index >= 15 is 0 Å². The molecule has 1 aromatic heterocycles. The van der Waals surface area contributed by atoms with Gasteiger partial charge in [-0.05, 0) is 66.1 Å². The van der Waals surface area contributed by atoms with Crippen LogP contribution in [0.15, 0.2) is 91.1 Å². The highest BCUT2D eigenvalue weighted by Crippen LogP contribution is 2.36. The van der Waals surface area contributed by atoms with E-state index in [-0.39, 0.29) is 6.04 Å². The third-order valence-corrected chi connectivity index (χ3v) is 6.62. The van der Waals surface area contributed by atoms with E-state index in [4.69, 9.17) is 27.9 Å². The second-order valence-electron chi connectivity index (χ2n) is 8.09. The maximum Gasteiger partial charge on any atom is 0.127 e. The summed E-state index contributed by atoms with van der Waals surface area (Å²) in [5.74, 6) is 1.68. The van der Waals surface area contributed by atoms with Gasteiger partial charge >= 0.3 is 0 Å². The molecule has 5 rings (SSSR count). The summed E-state index contributed by atoms with van der Waals surface area (Å²) in [7, 11) is 0. The number of rotatable bonds is 5. The Bertz CT molecular complexity index is 1210. The topological polar surface area (TPSA) is 17.4 Å². The zero-order valence-electron chi connectivity index (χ0n) is 17.6. The Hall–Kier alpha value is -2.72. The summed E-state index contributed by atoms with van der Waals surface area (Å²) in [4.78, 5) is 2.51. The fraction of sp³-hybridized carbons (Fsp3) is 0.185. The molecular formula is C27H24Cl2N2O. The lowest BCUT2D eigenvalue weighted by Crippen LogP contribution is -2.29. The Labute approximate surface area is 198 Å². The van der Waals surface area contributed by atoms with E-state index in [9.17, 15) is 0 Å². The van der Waals surface area contributed by atoms with Crippen LogP contribution in [0.1, 0.15) is 29.3 Å². The van der Waals surface area contributed by atoms with Gasteiger partial charge in [0.1, 0.15) is 11.5 Å². The Balaban J connectivity index is 1.46. The lowest BCUT2D eigenvalue weighted by atomic mass is 10.0. The number of nitrogens with zero attached hydrogens (tertiary/aromatic N) is 2. The van der Waals surface area contributed by atoms with Crippen LogP contribution in [0.5, 0.6) is 11.5 Å². The normalized spacial score (nSPS) is 16.4. The predicted molar refractivity (Wildman–Crippen MR) is 131 cm³/mol. The van der Waals surface area contributed by atoms with Gasteiger partial charge in [0.2, 0.25) is 0 Å². The molecule has 3 nitrogen and oxygen atoms in total. The summed E-state index contributed by atoms with van der Waals surface area (Å²) in [6.45, 7) is 2.80. The molecule has 0 bridgehead atoms. The lowest BCUT2D eigenvalue weighted by Gasteiger charge is -2.31. The van der Waals surface area contributed by atoms with Crippen LogP contribution in [-0.4, -0.2) is 16.0 Å². The summed E-state index contributed by atoms with van der Waals surface area (Å²) in [6, 6.07) is 28.6. The first-order chi connectivity index (χ1) is 15.7. The lowest BCUT2D eigenvalue weighted by molar-refractivity contribution is 0.220. The number of hydrogen-bond donors (Lipinski definition) is 0. The molecule has 5 heteroatoms. The van der Waals surface area contributed by atoms with Crippen LogP contribution >= 0.6 is 23.2 Å². The van der Waals surface area contributed by atoms with Gasteiger partial charge in [-0.25, -0.2) is 0 Å². The van der Waals surface area contributed by atoms with Gasteiger partial charge < -0.3 is 9.30 Å². The van der Waals surface area contributed by atoms with Crippen LogP contribution in [0.2, 0.25) is 10.0 Å². The molecule has 0 amide bonds. The molecule has 0 fully saturated rings. The first-order valence-electron chi connectivity index (χ1n) is 10.8. The average molecular weight is 463 g/mol. The fourth-order valence-corrected chi connectivity index (χ4v) is 4.75. The van der Waals surface area contributed by atoms with Crippen molar-refractivity contribution in [1.29, 1.82) is 0 Å². The van der Waals surface area contributed by atoms with Gasteiger partial charge in [-0.1, -0.05) is 59.6 Å². The van der Waals surface area contributed by atoms with Gasteiger partial charge in [0.05, 0.1) is 16.1 Å². The molecule has 4 aromatic rings. The smallest absolute Gasteiger partial charge is 0.127 e. The van der Waals surface area contributed by atoms with Crippen molar-refractivity contribution in [2.24, 2.45) is 0 Å². The van der Waals surface area contributed by atoms with E-state index in [1.54, 1.807) is 0 Å². The van der Waals surface area contributed by atoms with Crippen molar-refractivity contribution < 1.29 is 4.74 Å². The second kappa shape index (κ2) is 9.41. The van der Waals surface area contributed by atoms with Crippen molar-refractivity contribution in [1.82, 2.24) is 9.47 Å². The van der Waals surface area contributed by atoms with Crippen molar-refractivity contribution in [3.05, 3.63) is 118 Å². The molecule has 1 unspecified atom stereocenters. The third-order valence-electron chi connectivity index (χ3n) is 5.88. The first kappa shape index (κ1) is 21.1. The predicted octanol–water partition coefficient (Wildman–Crippen LogP) is 7.58. The number of ether oxygens (including phenoxy) is 1. The number of aromatic nitrogens is 1. The highest BCUT2D eigenvalue weighted by atomic mass is 35.5. The summed E-state index contributed by atoms with van der Waals surface area (Å²) in [6.07, 6.45) is 3.25. The van der Waals surface area contributed by atoms with Gasteiger partial charge in [-0.2, -0.15) is 0 Å². The van der Waals surface area contributed by atoms with Crippen molar-refractivity contribution in [3.8, 4) is 11.5 Å². The van der Waals surface area contributed by atoms with Crippen molar-refractivity contribution in [2.45, 2.75) is 25.6 Å². The Kier molecular flexibility index (Phi) is 6.22. The minimum absolute atomic E-state index is 0.0981. The number of benzene rings is 3. The van der Waals surface area contributed by atoms with Gasteiger partial charge in [0, 0.05) is 31.5 Å². The number of fused-ring (bicyclic) bond motifs is 1. The van der Waals surface area contributed by atoms with Crippen LogP contribution < -0.4 is 4.74 Å². The molecule has 0 N–H and O–H groups in total. The molecule has 1 aliphatic rings. The third kappa shape index (κ3) is 4.56. The number of hydrogen-bond acceptors (Lipinski definition) is 2. The second-order valence-corrected chi connectivity index (χ2v) is 8.90. The molecule has 2 heterocycles. The molecule has 1 aliphatic heterocycles. The molecule has 0 saturated heterocycles. The molecular weight excluding hydrogens is 439 g/mol. The molecule has 162 valence electrons. The molecule has 1 atom stereocenters. The van der Waals surface area contributed by atoms with Gasteiger partial charge in [0.15, 0.2) is 0 Å². The maximum atomic E-state index is 6.41. The fourth-order valence-electron chi connectivity index (χ4n) is 4.44. The summed E-state index contributed by atoms with van der Waals surface area (Å²) in [5, 5.41) is 1.17. The van der Waals surface area contributed by atoms with Gasteiger partial charge in [-0.15, -0.1) is 0 Å². The van der Waals surface area contributed by atoms with Crippen LogP contribution in [0.3, 0.4) is 0 Å². The van der Waals surface area contributed by atoms with Crippen molar-refractivity contribution in [3.63, 3.8) is 0 Å². The van der Waals surface area contributed by atoms with E-state index in [0.29, 0.717) is 10.0 Å². The molecule has 32 heavy (non-hydrogen) atoms. The standard InChI is InChI=1S/C27H24Cl2N2O/c28-24-13-12-21(18-25(24)29)27-26-11-5-14-30(26)15-6-16-31(27)19-20-7-4-10-23(17-20)32-22-8-2-1-3-9-22/h1-5,7-14,17-18,27H,6,15-16,19H2. The number of para-hydroxylation sites is 1. The van der Waals surface area contributed by atoms with Gasteiger partial charge in [-0.3, -0.25) is 4.90 Å². The van der Waals surface area contributed by atoms with Crippen LogP contribution in [0.4, 0.5) is 0 Å². The maximum absolute atomic E-state index is 6.41. The Morgan fingerprint density at radius 2 is 1.62 bits per heavy atom. The number of aryl methyl sites for hydroxylation is 1. The average Bonchev–Trinajstić information content (AvgIpc) is 3.18. The minimum atomic E-state index is 0.0981. The van der Waals surface area contributed by atoms with Crippen LogP contribution in [0, 0.1) is 0 Å². The largest absolute Gasteiger partial charge is 0.457 e. The summed E-state index contributed by atoms with van der Waals surface area (Å²) < 4.78 is 8.41. The van der Waals surface area contributed by atoms with E-state index < -0.39 is 0 Å². The van der Waals surface area contributed by atoms with E-state index in [2.05, 4.69) is 52.1 Å². The molecule has 0 aliphatic carbocycles.